The summed E-state index contributed by atoms with van der Waals surface area (Å²) >= 11 is 1.47. The van der Waals surface area contributed by atoms with E-state index >= 15 is 0 Å². The molecule has 2 fully saturated rings. The fourth-order valence-corrected chi connectivity index (χ4v) is 7.86. The van der Waals surface area contributed by atoms with Crippen molar-refractivity contribution < 1.29 is 18.2 Å². The summed E-state index contributed by atoms with van der Waals surface area (Å²) in [5, 5.41) is 3.98. The molecule has 8 nitrogen and oxygen atoms in total. The summed E-state index contributed by atoms with van der Waals surface area (Å²) < 4.78 is 23.5. The van der Waals surface area contributed by atoms with Crippen molar-refractivity contribution in [3.8, 4) is 0 Å². The van der Waals surface area contributed by atoms with Crippen LogP contribution in [0.5, 0.6) is 0 Å². The minimum Gasteiger partial charge on any atom is -0.335 e. The maximum Gasteiger partial charge on any atom is 0.274 e. The van der Waals surface area contributed by atoms with Crippen LogP contribution in [-0.2, 0) is 9.84 Å². The van der Waals surface area contributed by atoms with Crippen LogP contribution in [0.3, 0.4) is 0 Å². The number of hydrogen-bond donors (Lipinski definition) is 1. The fraction of sp³-hybridized carbons (Fsp3) is 0.381. The van der Waals surface area contributed by atoms with Crippen LogP contribution in [0.4, 0.5) is 11.5 Å². The first-order chi connectivity index (χ1) is 15.0. The van der Waals surface area contributed by atoms with Crippen LogP contribution in [-0.4, -0.2) is 73.4 Å². The molecule has 1 aromatic carbocycles. The van der Waals surface area contributed by atoms with Crippen LogP contribution in [0.1, 0.15) is 10.4 Å². The summed E-state index contributed by atoms with van der Waals surface area (Å²) in [6, 6.07) is 13.3. The van der Waals surface area contributed by atoms with Crippen LogP contribution in [0.25, 0.3) is 0 Å². The number of aromatic nitrogens is 1. The Bertz CT molecular complexity index is 1110. The third-order valence-electron chi connectivity index (χ3n) is 5.78. The molecular weight excluding hydrogens is 434 g/mol. The largest absolute Gasteiger partial charge is 0.335 e. The number of piperazine rings is 1. The number of fused-ring (bicyclic) bond motifs is 1. The highest BCUT2D eigenvalue weighted by molar-refractivity contribution is 8.15. The molecule has 0 bridgehead atoms. The zero-order valence-electron chi connectivity index (χ0n) is 16.9. The maximum absolute atomic E-state index is 13.0. The number of aromatic amines is 1. The van der Waals surface area contributed by atoms with Crippen molar-refractivity contribution in [3.05, 3.63) is 54.2 Å². The Labute approximate surface area is 185 Å². The van der Waals surface area contributed by atoms with E-state index in [1.807, 2.05) is 53.6 Å². The summed E-state index contributed by atoms with van der Waals surface area (Å²) in [5.41, 5.74) is 1.42. The normalized spacial score (nSPS) is 24.6. The summed E-state index contributed by atoms with van der Waals surface area (Å²) in [5.74, 6) is 1.39. The number of rotatable bonds is 3. The SMILES string of the molecule is O=C(c1cccc(NC2=N[C@@H]3CS(=O)(=O)C[C@H]3S2)c1)N1CCN(c2cccc[nH+]2)CC1. The van der Waals surface area contributed by atoms with Crippen molar-refractivity contribution in [3.63, 3.8) is 0 Å². The molecule has 2 atom stereocenters. The van der Waals surface area contributed by atoms with E-state index < -0.39 is 9.84 Å². The molecule has 0 saturated carbocycles. The van der Waals surface area contributed by atoms with E-state index in [2.05, 4.69) is 20.2 Å². The number of amidine groups is 1. The number of H-pyrrole nitrogens is 1. The van der Waals surface area contributed by atoms with E-state index in [4.69, 9.17) is 0 Å². The van der Waals surface area contributed by atoms with Crippen molar-refractivity contribution in [2.75, 3.05) is 47.9 Å². The summed E-state index contributed by atoms with van der Waals surface area (Å²) in [4.78, 5) is 24.9. The van der Waals surface area contributed by atoms with Gasteiger partial charge in [-0.05, 0) is 24.3 Å². The molecule has 2 aromatic rings. The average molecular weight is 459 g/mol. The number of amides is 1. The molecule has 1 amide bonds. The Morgan fingerprint density at radius 2 is 1.94 bits per heavy atom. The van der Waals surface area contributed by atoms with Crippen LogP contribution in [0.2, 0.25) is 0 Å². The summed E-state index contributed by atoms with van der Waals surface area (Å²) in [6.45, 7) is 2.89. The van der Waals surface area contributed by atoms with Gasteiger partial charge in [0.15, 0.2) is 15.0 Å². The van der Waals surface area contributed by atoms with Gasteiger partial charge in [-0.15, -0.1) is 0 Å². The number of nitrogens with zero attached hydrogens (tertiary/aromatic N) is 3. The number of aliphatic imine (C=N–C) groups is 1. The number of pyridine rings is 1. The van der Waals surface area contributed by atoms with E-state index in [0.29, 0.717) is 18.7 Å². The molecule has 0 aliphatic carbocycles. The third kappa shape index (κ3) is 4.40. The van der Waals surface area contributed by atoms with Gasteiger partial charge in [0.2, 0.25) is 0 Å². The molecule has 31 heavy (non-hydrogen) atoms. The topological polar surface area (TPSA) is 96.2 Å². The van der Waals surface area contributed by atoms with Crippen LogP contribution >= 0.6 is 11.8 Å². The highest BCUT2D eigenvalue weighted by Gasteiger charge is 2.42. The van der Waals surface area contributed by atoms with Gasteiger partial charge in [0.1, 0.15) is 13.1 Å². The predicted octanol–water partition coefficient (Wildman–Crippen LogP) is 1.14. The van der Waals surface area contributed by atoms with Crippen molar-refractivity contribution in [1.82, 2.24) is 4.90 Å². The van der Waals surface area contributed by atoms with Crippen LogP contribution in [0, 0.1) is 0 Å². The van der Waals surface area contributed by atoms with E-state index in [1.54, 1.807) is 0 Å². The van der Waals surface area contributed by atoms with Gasteiger partial charge >= 0.3 is 0 Å². The minimum atomic E-state index is -2.97. The molecule has 2 saturated heterocycles. The third-order valence-corrected chi connectivity index (χ3v) is 8.92. The number of sulfone groups is 1. The number of anilines is 2. The zero-order chi connectivity index (χ0) is 21.4. The van der Waals surface area contributed by atoms with E-state index in [1.165, 1.54) is 11.8 Å². The summed E-state index contributed by atoms with van der Waals surface area (Å²) in [6.07, 6.45) is 1.91. The van der Waals surface area contributed by atoms with Gasteiger partial charge in [-0.3, -0.25) is 14.7 Å². The lowest BCUT2D eigenvalue weighted by molar-refractivity contribution is -0.364. The number of thioether (sulfide) groups is 1. The number of hydrogen-bond acceptors (Lipinski definition) is 7. The highest BCUT2D eigenvalue weighted by atomic mass is 32.2. The molecule has 0 radical (unpaired) electrons. The van der Waals surface area contributed by atoms with Crippen molar-refractivity contribution in [2.24, 2.45) is 4.99 Å². The second-order valence-electron chi connectivity index (χ2n) is 7.97. The van der Waals surface area contributed by atoms with Gasteiger partial charge in [0, 0.05) is 22.6 Å². The molecule has 3 aliphatic heterocycles. The minimum absolute atomic E-state index is 0.00419. The Morgan fingerprint density at radius 1 is 1.10 bits per heavy atom. The fourth-order valence-electron chi connectivity index (χ4n) is 4.18. The second kappa shape index (κ2) is 8.16. The Kier molecular flexibility index (Phi) is 5.35. The first-order valence-corrected chi connectivity index (χ1v) is 13.0. The van der Waals surface area contributed by atoms with Gasteiger partial charge in [-0.2, -0.15) is 0 Å². The van der Waals surface area contributed by atoms with Crippen molar-refractivity contribution >= 4 is 44.2 Å². The first-order valence-electron chi connectivity index (χ1n) is 10.3. The lowest BCUT2D eigenvalue weighted by Crippen LogP contribution is -2.50. The van der Waals surface area contributed by atoms with Crippen LogP contribution < -0.4 is 15.2 Å². The molecule has 2 N–H and O–H groups in total. The Balaban J connectivity index is 1.21. The van der Waals surface area contributed by atoms with Crippen molar-refractivity contribution in [1.29, 1.82) is 0 Å². The van der Waals surface area contributed by atoms with Gasteiger partial charge in [-0.25, -0.2) is 13.4 Å². The summed E-state index contributed by atoms with van der Waals surface area (Å²) in [7, 11) is -2.97. The lowest BCUT2D eigenvalue weighted by atomic mass is 10.1. The predicted molar refractivity (Wildman–Crippen MR) is 122 cm³/mol. The van der Waals surface area contributed by atoms with Gasteiger partial charge < -0.3 is 10.2 Å². The molecule has 4 heterocycles. The Hall–Kier alpha value is -2.59. The molecule has 0 unspecified atom stereocenters. The smallest absolute Gasteiger partial charge is 0.274 e. The molecule has 0 spiro atoms. The molecular formula is C21H24N5O3S2+. The standard InChI is InChI=1S/C21H23N5O3S2/c27-20(26-10-8-25(9-11-26)19-6-1-2-7-22-19)15-4-3-5-16(12-15)23-21-24-17-13-31(28,29)14-18(17)30-21/h1-7,12,17-18H,8-11,13-14H2,(H,23,24)/p+1/t17-,18-/m1/s1. The van der Waals surface area contributed by atoms with E-state index in [0.717, 1.165) is 29.8 Å². The molecule has 10 heteroatoms. The number of carbonyl (C=O) groups is 1. The zero-order valence-corrected chi connectivity index (χ0v) is 18.5. The van der Waals surface area contributed by atoms with Crippen LogP contribution in [0.15, 0.2) is 53.7 Å². The van der Waals surface area contributed by atoms with Crippen molar-refractivity contribution in [2.45, 2.75) is 11.3 Å². The lowest BCUT2D eigenvalue weighted by Gasteiger charge is -2.31. The Morgan fingerprint density at radius 3 is 2.68 bits per heavy atom. The molecule has 1 aromatic heterocycles. The highest BCUT2D eigenvalue weighted by Crippen LogP contribution is 2.34. The molecule has 162 valence electrons. The molecule has 3 aliphatic rings. The van der Waals surface area contributed by atoms with Gasteiger partial charge in [0.05, 0.1) is 36.8 Å². The molecule has 5 rings (SSSR count). The van der Waals surface area contributed by atoms with Gasteiger partial charge in [-0.1, -0.05) is 23.9 Å². The number of benzene rings is 1. The average Bonchev–Trinajstić information content (AvgIpc) is 3.26. The number of carbonyl (C=O) groups excluding carboxylic acids is 1. The van der Waals surface area contributed by atoms with E-state index in [-0.39, 0.29) is 28.7 Å². The number of nitrogens with one attached hydrogen (secondary N) is 2. The monoisotopic (exact) mass is 458 g/mol. The first kappa shape index (κ1) is 20.3. The second-order valence-corrected chi connectivity index (χ2v) is 11.3. The maximum atomic E-state index is 13.0. The van der Waals surface area contributed by atoms with Gasteiger partial charge in [0.25, 0.3) is 11.7 Å². The quantitative estimate of drug-likeness (QED) is 0.741. The van der Waals surface area contributed by atoms with E-state index in [9.17, 15) is 13.2 Å².